The first-order valence-electron chi connectivity index (χ1n) is 17.7. The van der Waals surface area contributed by atoms with E-state index < -0.39 is 39.1 Å². The number of carbonyl (C=O) groups is 2. The lowest BCUT2D eigenvalue weighted by atomic mass is 10.0. The number of pyridine rings is 2. The summed E-state index contributed by atoms with van der Waals surface area (Å²) in [5.41, 5.74) is 3.47. The van der Waals surface area contributed by atoms with Crippen LogP contribution >= 0.6 is 12.4 Å². The molecule has 5 aromatic rings. The number of fused-ring (bicyclic) bond motifs is 4. The summed E-state index contributed by atoms with van der Waals surface area (Å²) in [5, 5.41) is 25.5. The summed E-state index contributed by atoms with van der Waals surface area (Å²) >= 11 is 0. The molecule has 324 valence electrons. The Bertz CT molecular complexity index is 2160. The van der Waals surface area contributed by atoms with E-state index in [1.807, 2.05) is 68.4 Å². The summed E-state index contributed by atoms with van der Waals surface area (Å²) < 4.78 is 71.5. The molecule has 4 atom stereocenters. The second-order valence-corrected chi connectivity index (χ2v) is 14.2. The Morgan fingerprint density at radius 1 is 0.717 bits per heavy atom. The lowest BCUT2D eigenvalue weighted by molar-refractivity contribution is -0.0584. The second-order valence-electron chi connectivity index (χ2n) is 12.9. The molecule has 4 aliphatic rings. The highest BCUT2D eigenvalue weighted by atomic mass is 35.5. The molecule has 4 amide bonds. The first kappa shape index (κ1) is 48.4. The van der Waals surface area contributed by atoms with Crippen molar-refractivity contribution < 1.29 is 53.5 Å². The molecule has 4 saturated heterocycles. The molecule has 1 aromatic carbocycles. The average Bonchev–Trinajstić information content (AvgIpc) is 4.03. The van der Waals surface area contributed by atoms with Gasteiger partial charge in [0, 0.05) is 36.9 Å². The number of aryl methyl sites for hydroxylation is 3. The minimum absolute atomic E-state index is 0. The van der Waals surface area contributed by atoms with Gasteiger partial charge in [-0.1, -0.05) is 48.0 Å². The molecule has 9 rings (SSSR count). The fourth-order valence-electron chi connectivity index (χ4n) is 6.08. The van der Waals surface area contributed by atoms with Gasteiger partial charge in [0.25, 0.3) is 0 Å². The Morgan fingerprint density at radius 2 is 1.17 bits per heavy atom. The van der Waals surface area contributed by atoms with E-state index in [0.29, 0.717) is 30.3 Å². The SMILES string of the molecule is Cc1ccccc1.Cc1ccccn1.Cc1ccccn1.Cl.O=C1N(O)[C@@H]2CC[C@@H](c3nnco3)N1C2.O=C1N2C[C@@H](CC[C@H]2c2nnco2)N1OS(=O)(=O)[O-].O=S(=O)=O. The predicted molar refractivity (Wildman–Crippen MR) is 207 cm³/mol. The number of amides is 4. The summed E-state index contributed by atoms with van der Waals surface area (Å²) in [6.45, 7) is 6.81. The summed E-state index contributed by atoms with van der Waals surface area (Å²) in [6.07, 6.45) is 8.48. The van der Waals surface area contributed by atoms with Gasteiger partial charge >= 0.3 is 22.7 Å². The molecule has 25 heteroatoms. The van der Waals surface area contributed by atoms with Crippen molar-refractivity contribution in [2.75, 3.05) is 13.1 Å². The zero-order valence-electron chi connectivity index (χ0n) is 32.3. The van der Waals surface area contributed by atoms with E-state index in [1.165, 1.54) is 16.9 Å². The molecule has 4 aliphatic heterocycles. The van der Waals surface area contributed by atoms with Crippen molar-refractivity contribution in [3.05, 3.63) is 121 Å². The van der Waals surface area contributed by atoms with Gasteiger partial charge in [0.05, 0.1) is 12.1 Å². The zero-order chi connectivity index (χ0) is 43.0. The van der Waals surface area contributed by atoms with Crippen molar-refractivity contribution >= 4 is 45.5 Å². The van der Waals surface area contributed by atoms with E-state index >= 15 is 0 Å². The quantitative estimate of drug-likeness (QED) is 0.151. The third-order valence-electron chi connectivity index (χ3n) is 8.73. The van der Waals surface area contributed by atoms with Crippen molar-refractivity contribution in [3.8, 4) is 0 Å². The van der Waals surface area contributed by atoms with Gasteiger partial charge in [-0.15, -0.1) is 45.4 Å². The number of hydrogen-bond acceptors (Lipinski definition) is 18. The maximum Gasteiger partial charge on any atom is 0.425 e. The number of piperidine rings is 2. The molecule has 22 nitrogen and oxygen atoms in total. The van der Waals surface area contributed by atoms with Gasteiger partial charge in [0.1, 0.15) is 12.1 Å². The highest BCUT2D eigenvalue weighted by molar-refractivity contribution is 7.80. The van der Waals surface area contributed by atoms with Crippen molar-refractivity contribution in [3.63, 3.8) is 0 Å². The molecule has 0 unspecified atom stereocenters. The minimum atomic E-state index is -4.97. The number of benzene rings is 1. The molecular weight excluding hydrogens is 852 g/mol. The Hall–Kier alpha value is -5.92. The number of hydrogen-bond donors (Lipinski definition) is 1. The Labute approximate surface area is 352 Å². The van der Waals surface area contributed by atoms with Crippen LogP contribution in [0.25, 0.3) is 0 Å². The van der Waals surface area contributed by atoms with Crippen LogP contribution in [0.5, 0.6) is 0 Å². The fraction of sp³-hybridized carbons (Fsp3) is 0.371. The maximum absolute atomic E-state index is 12.0. The van der Waals surface area contributed by atoms with Gasteiger partial charge in [-0.3, -0.25) is 15.2 Å². The van der Waals surface area contributed by atoms with Gasteiger partial charge in [-0.05, 0) is 70.7 Å². The number of carbonyl (C=O) groups excluding carboxylic acids is 2. The average molecular weight is 894 g/mol. The van der Waals surface area contributed by atoms with Crippen LogP contribution in [0.3, 0.4) is 0 Å². The molecule has 0 spiro atoms. The third kappa shape index (κ3) is 15.0. The molecule has 0 aliphatic carbocycles. The van der Waals surface area contributed by atoms with E-state index in [0.717, 1.165) is 35.7 Å². The van der Waals surface area contributed by atoms with Crippen LogP contribution in [-0.4, -0.2) is 118 Å². The van der Waals surface area contributed by atoms with E-state index in [4.69, 9.17) is 21.5 Å². The van der Waals surface area contributed by atoms with Crippen LogP contribution in [-0.2, 0) is 25.3 Å². The normalized spacial score (nSPS) is 19.6. The number of halogens is 1. The van der Waals surface area contributed by atoms with Crippen molar-refractivity contribution in [1.82, 2.24) is 50.3 Å². The summed E-state index contributed by atoms with van der Waals surface area (Å²) in [7, 11) is -8.08. The molecule has 1 N–H and O–H groups in total. The first-order valence-corrected chi connectivity index (χ1v) is 20.1. The smallest absolute Gasteiger partial charge is 0.425 e. The molecule has 8 heterocycles. The van der Waals surface area contributed by atoms with Gasteiger partial charge in [-0.2, -0.15) is 9.35 Å². The Kier molecular flexibility index (Phi) is 19.1. The van der Waals surface area contributed by atoms with Gasteiger partial charge in [-0.25, -0.2) is 23.1 Å². The first-order chi connectivity index (χ1) is 28.1. The summed E-state index contributed by atoms with van der Waals surface area (Å²) in [6, 6.07) is 19.8. The van der Waals surface area contributed by atoms with Gasteiger partial charge in [0.15, 0.2) is 0 Å². The molecule has 0 radical (unpaired) electrons. The highest BCUT2D eigenvalue weighted by Gasteiger charge is 2.49. The number of hydroxylamine groups is 4. The van der Waals surface area contributed by atoms with Gasteiger partial charge < -0.3 is 23.2 Å². The topological polar surface area (TPSA) is 289 Å². The fourth-order valence-corrected chi connectivity index (χ4v) is 6.46. The minimum Gasteiger partial charge on any atom is -0.724 e. The lowest BCUT2D eigenvalue weighted by Crippen LogP contribution is -2.35. The number of urea groups is 2. The Morgan fingerprint density at radius 3 is 1.53 bits per heavy atom. The van der Waals surface area contributed by atoms with Crippen LogP contribution < -0.4 is 0 Å². The molecule has 4 fully saturated rings. The van der Waals surface area contributed by atoms with Crippen LogP contribution in [0.4, 0.5) is 9.59 Å². The van der Waals surface area contributed by atoms with Crippen molar-refractivity contribution in [2.45, 2.75) is 70.6 Å². The summed E-state index contributed by atoms with van der Waals surface area (Å²) in [5.74, 6) is 0.718. The van der Waals surface area contributed by atoms with Gasteiger partial charge in [0.2, 0.25) is 35.0 Å². The molecular formula is C35H42ClN10O12S2-. The standard InChI is InChI=1S/C8H10N4O6S.C8H10N4O3.C7H8.2C6H7N.ClH.O3S/c13-8-11-3-5(12(8)18-19(14,15)16)1-2-6(11)7-10-9-4-17-7;13-8-11-3-5(12(8)14)1-2-6(11)7-10-9-4-15-7;1-7-5-3-2-4-6-7;2*1-6-4-2-3-5-7-6;;1-4(2)3/h4-6H,1-3H2,(H,14,15,16);4-6,14H,1-3H2;2-6H,1H3;2*2-5H,1H3;1H;/p-1/t2*5-,6+;;;;;/m11...../s1. The number of aromatic nitrogens is 6. The monoisotopic (exact) mass is 893 g/mol. The second kappa shape index (κ2) is 23.6. The highest BCUT2D eigenvalue weighted by Crippen LogP contribution is 2.38. The molecule has 4 bridgehead atoms. The van der Waals surface area contributed by atoms with Crippen LogP contribution in [0.15, 0.2) is 101 Å². The molecule has 60 heavy (non-hydrogen) atoms. The van der Waals surface area contributed by atoms with E-state index in [2.05, 4.69) is 53.7 Å². The van der Waals surface area contributed by atoms with Crippen molar-refractivity contribution in [2.24, 2.45) is 0 Å². The zero-order valence-corrected chi connectivity index (χ0v) is 34.8. The number of nitrogens with zero attached hydrogens (tertiary/aromatic N) is 10. The predicted octanol–water partition coefficient (Wildman–Crippen LogP) is 4.00. The van der Waals surface area contributed by atoms with E-state index in [9.17, 15) is 27.8 Å². The summed E-state index contributed by atoms with van der Waals surface area (Å²) in [4.78, 5) is 34.5. The number of rotatable bonds is 4. The lowest BCUT2D eigenvalue weighted by Gasteiger charge is -2.27. The molecule has 0 saturated carbocycles. The van der Waals surface area contributed by atoms with Crippen LogP contribution in [0, 0.1) is 20.8 Å². The van der Waals surface area contributed by atoms with Crippen LogP contribution in [0.1, 0.15) is 66.5 Å². The van der Waals surface area contributed by atoms with E-state index in [1.54, 1.807) is 17.3 Å². The van der Waals surface area contributed by atoms with E-state index in [-0.39, 0.29) is 43.0 Å². The third-order valence-corrected chi connectivity index (χ3v) is 9.07. The largest absolute Gasteiger partial charge is 0.724 e. The van der Waals surface area contributed by atoms with Crippen molar-refractivity contribution in [1.29, 1.82) is 0 Å². The molecule has 4 aromatic heterocycles. The Balaban J connectivity index is 0.000000208. The maximum atomic E-state index is 12.0. The van der Waals surface area contributed by atoms with Crippen LogP contribution in [0.2, 0.25) is 0 Å².